The Morgan fingerprint density at radius 1 is 0.458 bits per heavy atom. The number of hydrogen-bond donors (Lipinski definition) is 0. The van der Waals surface area contributed by atoms with Gasteiger partial charge in [-0.2, -0.15) is 0 Å². The largest absolute Gasteiger partial charge is 0.309 e. The van der Waals surface area contributed by atoms with Gasteiger partial charge in [0.15, 0.2) is 0 Å². The molecule has 0 saturated heterocycles. The molecular formula is C46H38N2. The van der Waals surface area contributed by atoms with Gasteiger partial charge in [-0.3, -0.25) is 0 Å². The molecule has 8 aromatic rings. The van der Waals surface area contributed by atoms with E-state index >= 15 is 0 Å². The first kappa shape index (κ1) is 28.6. The van der Waals surface area contributed by atoms with Gasteiger partial charge in [-0.15, -0.1) is 0 Å². The fourth-order valence-electron chi connectivity index (χ4n) is 8.31. The van der Waals surface area contributed by atoms with Crippen LogP contribution in [0.15, 0.2) is 127 Å². The molecule has 0 N–H and O–H groups in total. The van der Waals surface area contributed by atoms with Gasteiger partial charge >= 0.3 is 0 Å². The lowest BCUT2D eigenvalue weighted by Crippen LogP contribution is -2.04. The van der Waals surface area contributed by atoms with Gasteiger partial charge in [-0.05, 0) is 133 Å². The molecule has 0 amide bonds. The standard InChI is InChI=1S/C46H38N2/c1-29-12-5-7-18-37(29)33-22-24-39-43(26-33)47(41-20-9-14-31(3)45(39)41)35-16-11-17-36(28-35)48-42-21-10-15-32(4)46(42)40-25-23-34(27-44(40)48)38-19-8-6-13-30(38)2/h5-22,24,26-28H,23,25H2,1-4H3. The Bertz CT molecular complexity index is 2600. The number of nitrogens with zero attached hydrogens (tertiary/aromatic N) is 2. The van der Waals surface area contributed by atoms with Gasteiger partial charge in [0.05, 0.1) is 22.2 Å². The quantitative estimate of drug-likeness (QED) is 0.186. The second-order valence-electron chi connectivity index (χ2n) is 13.5. The van der Waals surface area contributed by atoms with Crippen molar-refractivity contribution in [1.29, 1.82) is 0 Å². The van der Waals surface area contributed by atoms with E-state index in [9.17, 15) is 0 Å². The van der Waals surface area contributed by atoms with E-state index in [1.54, 1.807) is 0 Å². The average molecular weight is 619 g/mol. The summed E-state index contributed by atoms with van der Waals surface area (Å²) in [5, 5.41) is 4.00. The summed E-state index contributed by atoms with van der Waals surface area (Å²) < 4.78 is 4.98. The second-order valence-corrected chi connectivity index (χ2v) is 13.5. The summed E-state index contributed by atoms with van der Waals surface area (Å²) in [5.41, 5.74) is 19.4. The van der Waals surface area contributed by atoms with E-state index in [4.69, 9.17) is 0 Å². The van der Waals surface area contributed by atoms with E-state index in [1.807, 2.05) is 0 Å². The molecule has 9 rings (SSSR count). The van der Waals surface area contributed by atoms with Crippen molar-refractivity contribution in [2.45, 2.75) is 40.5 Å². The molecule has 6 aromatic carbocycles. The maximum Gasteiger partial charge on any atom is 0.0547 e. The Balaban J connectivity index is 1.30. The Morgan fingerprint density at radius 3 is 1.79 bits per heavy atom. The number of benzene rings is 6. The summed E-state index contributed by atoms with van der Waals surface area (Å²) in [4.78, 5) is 0. The number of hydrogen-bond acceptors (Lipinski definition) is 0. The molecular weight excluding hydrogens is 581 g/mol. The topological polar surface area (TPSA) is 9.86 Å². The highest BCUT2D eigenvalue weighted by atomic mass is 15.0. The fourth-order valence-corrected chi connectivity index (χ4v) is 8.31. The third-order valence-corrected chi connectivity index (χ3v) is 10.6. The van der Waals surface area contributed by atoms with Crippen LogP contribution in [0.5, 0.6) is 0 Å². The van der Waals surface area contributed by atoms with Crippen LogP contribution >= 0.6 is 0 Å². The molecule has 48 heavy (non-hydrogen) atoms. The molecule has 232 valence electrons. The molecule has 1 aliphatic carbocycles. The van der Waals surface area contributed by atoms with Gasteiger partial charge in [0.25, 0.3) is 0 Å². The van der Waals surface area contributed by atoms with Crippen molar-refractivity contribution in [2.75, 3.05) is 0 Å². The van der Waals surface area contributed by atoms with E-state index in [0.29, 0.717) is 0 Å². The summed E-state index contributed by atoms with van der Waals surface area (Å²) in [7, 11) is 0. The zero-order valence-electron chi connectivity index (χ0n) is 28.0. The summed E-state index contributed by atoms with van der Waals surface area (Å²) in [6, 6.07) is 47.1. The summed E-state index contributed by atoms with van der Waals surface area (Å²) in [5.74, 6) is 0. The normalized spacial score (nSPS) is 13.0. The van der Waals surface area contributed by atoms with Crippen molar-refractivity contribution < 1.29 is 0 Å². The SMILES string of the molecule is Cc1ccccc1C1=Cc2c(c3c(C)cccc3n2-c2cccc(-n3c4cc(-c5ccccc5C)ccc4c4c(C)cccc43)c2)CC1. The molecule has 2 heteroatoms. The molecule has 0 fully saturated rings. The average Bonchev–Trinajstić information content (AvgIpc) is 3.62. The molecule has 0 unspecified atom stereocenters. The molecule has 0 bridgehead atoms. The predicted molar refractivity (Wildman–Crippen MR) is 205 cm³/mol. The van der Waals surface area contributed by atoms with E-state index in [-0.39, 0.29) is 0 Å². The lowest BCUT2D eigenvalue weighted by atomic mass is 9.88. The van der Waals surface area contributed by atoms with Crippen molar-refractivity contribution in [3.8, 4) is 22.5 Å². The lowest BCUT2D eigenvalue weighted by molar-refractivity contribution is 0.977. The first-order valence-corrected chi connectivity index (χ1v) is 17.1. The highest BCUT2D eigenvalue weighted by Gasteiger charge is 2.24. The van der Waals surface area contributed by atoms with E-state index in [0.717, 1.165) is 12.8 Å². The van der Waals surface area contributed by atoms with Crippen molar-refractivity contribution >= 4 is 44.4 Å². The van der Waals surface area contributed by atoms with Gasteiger partial charge in [0.2, 0.25) is 0 Å². The van der Waals surface area contributed by atoms with E-state index < -0.39 is 0 Å². The second kappa shape index (κ2) is 11.0. The molecule has 2 nitrogen and oxygen atoms in total. The van der Waals surface area contributed by atoms with Crippen LogP contribution < -0.4 is 0 Å². The van der Waals surface area contributed by atoms with Crippen LogP contribution in [-0.4, -0.2) is 9.13 Å². The zero-order valence-corrected chi connectivity index (χ0v) is 28.0. The Labute approximate surface area is 282 Å². The van der Waals surface area contributed by atoms with Crippen LogP contribution in [0.25, 0.3) is 66.9 Å². The molecule has 2 aromatic heterocycles. The van der Waals surface area contributed by atoms with Crippen LogP contribution in [0.1, 0.15) is 45.5 Å². The first-order chi connectivity index (χ1) is 23.5. The molecule has 0 aliphatic heterocycles. The lowest BCUT2D eigenvalue weighted by Gasteiger charge is -2.19. The van der Waals surface area contributed by atoms with Gasteiger partial charge in [-0.1, -0.05) is 91.0 Å². The molecule has 0 radical (unpaired) electrons. The maximum absolute atomic E-state index is 2.51. The summed E-state index contributed by atoms with van der Waals surface area (Å²) in [6.45, 7) is 8.92. The third kappa shape index (κ3) is 4.33. The molecule has 0 saturated carbocycles. The summed E-state index contributed by atoms with van der Waals surface area (Å²) >= 11 is 0. The molecule has 0 spiro atoms. The van der Waals surface area contributed by atoms with E-state index in [2.05, 4.69) is 170 Å². The highest BCUT2D eigenvalue weighted by molar-refractivity contribution is 6.12. The van der Waals surface area contributed by atoms with Gasteiger partial charge < -0.3 is 9.13 Å². The number of rotatable bonds is 4. The number of fused-ring (bicyclic) bond motifs is 6. The minimum Gasteiger partial charge on any atom is -0.309 e. The number of allylic oxidation sites excluding steroid dienone is 1. The van der Waals surface area contributed by atoms with Gasteiger partial charge in [0, 0.05) is 27.5 Å². The molecule has 1 aliphatic rings. The van der Waals surface area contributed by atoms with Crippen LogP contribution in [0, 0.1) is 27.7 Å². The molecule has 0 atom stereocenters. The van der Waals surface area contributed by atoms with Gasteiger partial charge in [-0.25, -0.2) is 0 Å². The minimum atomic E-state index is 1.04. The number of aromatic nitrogens is 2. The maximum atomic E-state index is 2.51. The van der Waals surface area contributed by atoms with Crippen molar-refractivity contribution in [1.82, 2.24) is 9.13 Å². The smallest absolute Gasteiger partial charge is 0.0547 e. The Morgan fingerprint density at radius 2 is 1.06 bits per heavy atom. The Hall–Kier alpha value is -5.60. The third-order valence-electron chi connectivity index (χ3n) is 10.6. The van der Waals surface area contributed by atoms with Gasteiger partial charge in [0.1, 0.15) is 0 Å². The molecule has 2 heterocycles. The highest BCUT2D eigenvalue weighted by Crippen LogP contribution is 2.41. The Kier molecular flexibility index (Phi) is 6.55. The number of aryl methyl sites for hydroxylation is 5. The summed E-state index contributed by atoms with van der Waals surface area (Å²) in [6.07, 6.45) is 4.55. The van der Waals surface area contributed by atoms with Crippen LogP contribution in [0.4, 0.5) is 0 Å². The van der Waals surface area contributed by atoms with Crippen LogP contribution in [-0.2, 0) is 6.42 Å². The van der Waals surface area contributed by atoms with E-state index in [1.165, 1.54) is 99.9 Å². The zero-order chi connectivity index (χ0) is 32.5. The predicted octanol–water partition coefficient (Wildman–Crippen LogP) is 12.1. The van der Waals surface area contributed by atoms with Crippen LogP contribution in [0.3, 0.4) is 0 Å². The monoisotopic (exact) mass is 618 g/mol. The fraction of sp³-hybridized carbons (Fsp3) is 0.130. The minimum absolute atomic E-state index is 1.04. The van der Waals surface area contributed by atoms with Crippen molar-refractivity contribution in [3.63, 3.8) is 0 Å². The van der Waals surface area contributed by atoms with Crippen molar-refractivity contribution in [2.24, 2.45) is 0 Å². The van der Waals surface area contributed by atoms with Crippen molar-refractivity contribution in [3.05, 3.63) is 166 Å². The first-order valence-electron chi connectivity index (χ1n) is 17.1. The van der Waals surface area contributed by atoms with Crippen LogP contribution in [0.2, 0.25) is 0 Å².